The molecule has 1 atom stereocenters. The van der Waals surface area contributed by atoms with Crippen LogP contribution in [0.25, 0.3) is 0 Å². The van der Waals surface area contributed by atoms with Crippen LogP contribution in [-0.2, 0) is 17.8 Å². The lowest BCUT2D eigenvalue weighted by molar-refractivity contribution is -0.125. The molecule has 0 aliphatic rings. The van der Waals surface area contributed by atoms with Crippen molar-refractivity contribution in [2.24, 2.45) is 5.73 Å². The molecule has 24 heavy (non-hydrogen) atoms. The van der Waals surface area contributed by atoms with Crippen LogP contribution in [0.15, 0.2) is 54.6 Å². The lowest BCUT2D eigenvalue weighted by Gasteiger charge is -2.27. The third kappa shape index (κ3) is 4.67. The van der Waals surface area contributed by atoms with E-state index in [1.165, 1.54) is 5.56 Å². The fourth-order valence-corrected chi connectivity index (χ4v) is 2.69. The van der Waals surface area contributed by atoms with E-state index in [4.69, 9.17) is 5.73 Å². The summed E-state index contributed by atoms with van der Waals surface area (Å²) in [6.45, 7) is 2.69. The monoisotopic (exact) mass is 325 g/mol. The second kappa shape index (κ2) is 8.26. The molecule has 5 nitrogen and oxygen atoms in total. The van der Waals surface area contributed by atoms with Crippen molar-refractivity contribution in [3.63, 3.8) is 0 Å². The number of carbonyl (C=O) groups excluding carboxylic acids is 2. The Morgan fingerprint density at radius 2 is 1.62 bits per heavy atom. The number of primary amides is 1. The molecule has 2 aromatic carbocycles. The van der Waals surface area contributed by atoms with Crippen LogP contribution in [0.4, 0.5) is 4.79 Å². The van der Waals surface area contributed by atoms with Gasteiger partial charge in [0, 0.05) is 6.54 Å². The normalized spacial score (nSPS) is 12.0. The number of hydrogen-bond acceptors (Lipinski definition) is 3. The van der Waals surface area contributed by atoms with E-state index >= 15 is 0 Å². The zero-order chi connectivity index (χ0) is 17.5. The SMILES string of the molecule is CCc1ccc(CN(C)[C@@H](C(=O)NC(N)=O)c2ccccc2)cc1. The molecule has 0 spiro atoms. The summed E-state index contributed by atoms with van der Waals surface area (Å²) in [5.74, 6) is -0.429. The number of imide groups is 1. The molecule has 0 radical (unpaired) electrons. The number of urea groups is 1. The molecule has 126 valence electrons. The maximum atomic E-state index is 12.4. The number of carbonyl (C=O) groups is 2. The van der Waals surface area contributed by atoms with Gasteiger partial charge >= 0.3 is 6.03 Å². The van der Waals surface area contributed by atoms with Gasteiger partial charge in [0.05, 0.1) is 0 Å². The highest BCUT2D eigenvalue weighted by atomic mass is 16.2. The minimum atomic E-state index is -0.846. The maximum absolute atomic E-state index is 12.4. The molecule has 0 fully saturated rings. The van der Waals surface area contributed by atoms with Gasteiger partial charge in [-0.2, -0.15) is 0 Å². The summed E-state index contributed by atoms with van der Waals surface area (Å²) in [6, 6.07) is 16.2. The van der Waals surface area contributed by atoms with E-state index in [1.54, 1.807) is 0 Å². The molecular weight excluding hydrogens is 302 g/mol. The van der Waals surface area contributed by atoms with Gasteiger partial charge in [0.15, 0.2) is 0 Å². The van der Waals surface area contributed by atoms with Crippen molar-refractivity contribution in [3.05, 3.63) is 71.3 Å². The Morgan fingerprint density at radius 3 is 2.17 bits per heavy atom. The zero-order valence-corrected chi connectivity index (χ0v) is 14.0. The van der Waals surface area contributed by atoms with E-state index in [9.17, 15) is 9.59 Å². The topological polar surface area (TPSA) is 75.4 Å². The van der Waals surface area contributed by atoms with E-state index in [2.05, 4.69) is 36.5 Å². The first-order valence-electron chi connectivity index (χ1n) is 7.94. The molecule has 3 amide bonds. The lowest BCUT2D eigenvalue weighted by atomic mass is 10.0. The second-order valence-corrected chi connectivity index (χ2v) is 5.75. The highest BCUT2D eigenvalue weighted by Crippen LogP contribution is 2.22. The van der Waals surface area contributed by atoms with Gasteiger partial charge in [0.2, 0.25) is 5.91 Å². The summed E-state index contributed by atoms with van der Waals surface area (Å²) in [4.78, 5) is 25.4. The van der Waals surface area contributed by atoms with Crippen LogP contribution >= 0.6 is 0 Å². The summed E-state index contributed by atoms with van der Waals surface area (Å²) < 4.78 is 0. The minimum absolute atomic E-state index is 0.429. The van der Waals surface area contributed by atoms with E-state index in [0.29, 0.717) is 6.54 Å². The molecule has 2 aromatic rings. The second-order valence-electron chi connectivity index (χ2n) is 5.75. The summed E-state index contributed by atoms with van der Waals surface area (Å²) in [5, 5.41) is 2.18. The van der Waals surface area contributed by atoms with Gasteiger partial charge in [-0.1, -0.05) is 61.5 Å². The van der Waals surface area contributed by atoms with Gasteiger partial charge in [-0.05, 0) is 30.2 Å². The smallest absolute Gasteiger partial charge is 0.318 e. The number of aryl methyl sites for hydroxylation is 1. The Bertz CT molecular complexity index is 684. The van der Waals surface area contributed by atoms with Gasteiger partial charge in [0.1, 0.15) is 6.04 Å². The van der Waals surface area contributed by atoms with Crippen LogP contribution in [0.1, 0.15) is 29.7 Å². The first-order valence-corrected chi connectivity index (χ1v) is 7.94. The van der Waals surface area contributed by atoms with Crippen molar-refractivity contribution >= 4 is 11.9 Å². The third-order valence-corrected chi connectivity index (χ3v) is 3.91. The fourth-order valence-electron chi connectivity index (χ4n) is 2.69. The molecule has 0 aliphatic carbocycles. The number of likely N-dealkylation sites (N-methyl/N-ethyl adjacent to an activating group) is 1. The molecule has 0 aliphatic heterocycles. The summed E-state index contributed by atoms with van der Waals surface area (Å²) in [6.07, 6.45) is 0.990. The molecule has 0 bridgehead atoms. The lowest BCUT2D eigenvalue weighted by Crippen LogP contribution is -2.43. The van der Waals surface area contributed by atoms with E-state index < -0.39 is 18.0 Å². The van der Waals surface area contributed by atoms with Crippen molar-refractivity contribution in [2.75, 3.05) is 7.05 Å². The molecule has 0 saturated carbocycles. The Labute approximate surface area is 142 Å². The molecule has 3 N–H and O–H groups in total. The molecule has 0 heterocycles. The summed E-state index contributed by atoms with van der Waals surface area (Å²) in [5.41, 5.74) is 8.28. The van der Waals surface area contributed by atoms with Crippen LogP contribution in [0.2, 0.25) is 0 Å². The predicted molar refractivity (Wildman–Crippen MR) is 94.2 cm³/mol. The van der Waals surface area contributed by atoms with Crippen LogP contribution in [0.5, 0.6) is 0 Å². The molecule has 0 saturated heterocycles. The molecule has 2 rings (SSSR count). The van der Waals surface area contributed by atoms with Crippen molar-refractivity contribution in [3.8, 4) is 0 Å². The van der Waals surface area contributed by atoms with E-state index in [1.807, 2.05) is 42.3 Å². The first kappa shape index (κ1) is 17.7. The Hall–Kier alpha value is -2.66. The predicted octanol–water partition coefficient (Wildman–Crippen LogP) is 2.62. The standard InChI is InChI=1S/C19H23N3O2/c1-3-14-9-11-15(12-10-14)13-22(2)17(18(23)21-19(20)24)16-7-5-4-6-8-16/h4-12,17H,3,13H2,1-2H3,(H3,20,21,23,24)/t17-/m1/s1. The largest absolute Gasteiger partial charge is 0.351 e. The number of nitrogens with two attached hydrogens (primary N) is 1. The van der Waals surface area contributed by atoms with Gasteiger partial charge in [-0.3, -0.25) is 15.0 Å². The van der Waals surface area contributed by atoms with E-state index in [-0.39, 0.29) is 0 Å². The quantitative estimate of drug-likeness (QED) is 0.857. The molecular formula is C19H23N3O2. The van der Waals surface area contributed by atoms with Crippen LogP contribution in [-0.4, -0.2) is 23.9 Å². The van der Waals surface area contributed by atoms with Gasteiger partial charge < -0.3 is 5.73 Å². The number of hydrogen-bond donors (Lipinski definition) is 2. The number of nitrogens with zero attached hydrogens (tertiary/aromatic N) is 1. The zero-order valence-electron chi connectivity index (χ0n) is 14.0. The van der Waals surface area contributed by atoms with Crippen LogP contribution in [0.3, 0.4) is 0 Å². The van der Waals surface area contributed by atoms with Crippen molar-refractivity contribution in [1.29, 1.82) is 0 Å². The molecule has 5 heteroatoms. The number of benzene rings is 2. The van der Waals surface area contributed by atoms with Crippen molar-refractivity contribution in [2.45, 2.75) is 25.9 Å². The van der Waals surface area contributed by atoms with Crippen molar-refractivity contribution in [1.82, 2.24) is 10.2 Å². The Morgan fingerprint density at radius 1 is 1.04 bits per heavy atom. The van der Waals surface area contributed by atoms with Crippen LogP contribution in [0, 0.1) is 0 Å². The Kier molecular flexibility index (Phi) is 6.09. The average molecular weight is 325 g/mol. The molecule has 0 unspecified atom stereocenters. The van der Waals surface area contributed by atoms with Gasteiger partial charge in [-0.15, -0.1) is 0 Å². The van der Waals surface area contributed by atoms with Gasteiger partial charge in [-0.25, -0.2) is 4.79 Å². The fraction of sp³-hybridized carbons (Fsp3) is 0.263. The van der Waals surface area contributed by atoms with Crippen molar-refractivity contribution < 1.29 is 9.59 Å². The average Bonchev–Trinajstić information content (AvgIpc) is 2.56. The van der Waals surface area contributed by atoms with E-state index in [0.717, 1.165) is 17.5 Å². The summed E-state index contributed by atoms with van der Waals surface area (Å²) >= 11 is 0. The highest BCUT2D eigenvalue weighted by Gasteiger charge is 2.26. The third-order valence-electron chi connectivity index (χ3n) is 3.91. The number of nitrogens with one attached hydrogen (secondary N) is 1. The summed E-state index contributed by atoms with van der Waals surface area (Å²) in [7, 11) is 1.85. The first-order chi connectivity index (χ1) is 11.5. The Balaban J connectivity index is 2.21. The molecule has 0 aromatic heterocycles. The number of amides is 3. The maximum Gasteiger partial charge on any atom is 0.318 e. The highest BCUT2D eigenvalue weighted by molar-refractivity contribution is 5.96. The minimum Gasteiger partial charge on any atom is -0.351 e. The van der Waals surface area contributed by atoms with Gasteiger partial charge in [0.25, 0.3) is 0 Å². The number of rotatable bonds is 6. The van der Waals surface area contributed by atoms with Crippen LogP contribution < -0.4 is 11.1 Å².